The van der Waals surface area contributed by atoms with Crippen molar-refractivity contribution in [1.82, 2.24) is 29.7 Å². The van der Waals surface area contributed by atoms with Crippen molar-refractivity contribution in [2.75, 3.05) is 0 Å². The topological polar surface area (TPSA) is 98.2 Å². The van der Waals surface area contributed by atoms with E-state index in [4.69, 9.17) is 4.42 Å². The molecule has 0 aliphatic carbocycles. The van der Waals surface area contributed by atoms with Gasteiger partial charge in [0.25, 0.3) is 5.91 Å². The Morgan fingerprint density at radius 2 is 1.82 bits per heavy atom. The fraction of sp³-hybridized carbons (Fsp3) is 0.0385. The van der Waals surface area contributed by atoms with Gasteiger partial charge in [-0.15, -0.1) is 0 Å². The van der Waals surface area contributed by atoms with Gasteiger partial charge in [0.15, 0.2) is 5.58 Å². The highest BCUT2D eigenvalue weighted by atomic mass is 16.3. The minimum absolute atomic E-state index is 0.199. The molecule has 4 heterocycles. The summed E-state index contributed by atoms with van der Waals surface area (Å²) in [7, 11) is 0. The molecule has 8 heteroatoms. The Hall–Kier alpha value is -4.85. The van der Waals surface area contributed by atoms with E-state index in [1.807, 2.05) is 60.8 Å². The largest absolute Gasteiger partial charge is 0.436 e. The van der Waals surface area contributed by atoms with Gasteiger partial charge in [0.05, 0.1) is 5.56 Å². The molecule has 1 amide bonds. The van der Waals surface area contributed by atoms with Crippen LogP contribution in [0.3, 0.4) is 0 Å². The fourth-order valence-electron chi connectivity index (χ4n) is 3.75. The average molecular weight is 446 g/mol. The predicted octanol–water partition coefficient (Wildman–Crippen LogP) is 4.53. The highest BCUT2D eigenvalue weighted by Crippen LogP contribution is 2.28. The lowest BCUT2D eigenvalue weighted by Crippen LogP contribution is -2.23. The number of hydrogen-bond acceptors (Lipinski definition) is 6. The molecule has 2 aromatic carbocycles. The van der Waals surface area contributed by atoms with E-state index in [-0.39, 0.29) is 5.91 Å². The summed E-state index contributed by atoms with van der Waals surface area (Å²) < 4.78 is 7.67. The number of amides is 1. The summed E-state index contributed by atoms with van der Waals surface area (Å²) in [6.07, 6.45) is 10.2. The van der Waals surface area contributed by atoms with E-state index in [1.165, 1.54) is 6.20 Å². The number of pyridine rings is 1. The van der Waals surface area contributed by atoms with Crippen LogP contribution in [0.2, 0.25) is 0 Å². The van der Waals surface area contributed by atoms with Crippen molar-refractivity contribution in [2.45, 2.75) is 6.54 Å². The third-order valence-corrected chi connectivity index (χ3v) is 5.54. The molecule has 0 saturated carbocycles. The van der Waals surface area contributed by atoms with Gasteiger partial charge < -0.3 is 9.73 Å². The van der Waals surface area contributed by atoms with Crippen molar-refractivity contribution in [2.24, 2.45) is 0 Å². The molecule has 8 nitrogen and oxygen atoms in total. The molecule has 1 N–H and O–H groups in total. The first-order chi connectivity index (χ1) is 16.7. The molecular formula is C26H18N6O2. The number of carbonyl (C=O) groups excluding carboxylic acids is 1. The van der Waals surface area contributed by atoms with E-state index < -0.39 is 0 Å². The molecule has 0 spiro atoms. The second kappa shape index (κ2) is 8.25. The Morgan fingerprint density at radius 3 is 2.68 bits per heavy atom. The molecule has 0 unspecified atom stereocenters. The van der Waals surface area contributed by atoms with Gasteiger partial charge in [-0.05, 0) is 41.5 Å². The van der Waals surface area contributed by atoms with Crippen LogP contribution in [0.15, 0.2) is 96.2 Å². The van der Waals surface area contributed by atoms with Crippen LogP contribution in [0.1, 0.15) is 15.9 Å². The zero-order valence-corrected chi connectivity index (χ0v) is 17.9. The molecular weight excluding hydrogens is 428 g/mol. The van der Waals surface area contributed by atoms with E-state index in [0.29, 0.717) is 23.8 Å². The molecule has 6 rings (SSSR count). The fourth-order valence-corrected chi connectivity index (χ4v) is 3.75. The Morgan fingerprint density at radius 1 is 0.941 bits per heavy atom. The lowest BCUT2D eigenvalue weighted by molar-refractivity contribution is 0.0950. The van der Waals surface area contributed by atoms with E-state index >= 15 is 0 Å². The highest BCUT2D eigenvalue weighted by Gasteiger charge is 2.11. The number of nitrogens with zero attached hydrogens (tertiary/aromatic N) is 5. The third kappa shape index (κ3) is 3.77. The van der Waals surface area contributed by atoms with Crippen molar-refractivity contribution in [1.29, 1.82) is 0 Å². The van der Waals surface area contributed by atoms with Crippen molar-refractivity contribution < 1.29 is 9.21 Å². The molecule has 164 valence electrons. The monoisotopic (exact) mass is 446 g/mol. The predicted molar refractivity (Wildman–Crippen MR) is 127 cm³/mol. The molecule has 0 aliphatic heterocycles. The Kier molecular flexibility index (Phi) is 4.81. The standard InChI is InChI=1S/C26H18N6O2/c33-24(21-15-30-26-28-10-11-32(26)16-21)29-13-17-3-5-18(6-4-17)25-31-22-12-19(7-8-23(22)34-25)20-2-1-9-27-14-20/h1-12,14-16H,13H2,(H,29,33). The molecule has 34 heavy (non-hydrogen) atoms. The number of nitrogens with one attached hydrogen (secondary N) is 1. The van der Waals surface area contributed by atoms with Crippen molar-refractivity contribution in [3.63, 3.8) is 0 Å². The molecule has 6 aromatic rings. The second-order valence-corrected chi connectivity index (χ2v) is 7.80. The SMILES string of the molecule is O=C(NCc1ccc(-c2nc3cc(-c4cccnc4)ccc3o2)cc1)c1cnc2nccn2c1. The van der Waals surface area contributed by atoms with Crippen LogP contribution in [0.4, 0.5) is 0 Å². The summed E-state index contributed by atoms with van der Waals surface area (Å²) in [4.78, 5) is 29.6. The Balaban J connectivity index is 1.16. The first-order valence-electron chi connectivity index (χ1n) is 10.7. The van der Waals surface area contributed by atoms with Crippen molar-refractivity contribution >= 4 is 22.8 Å². The van der Waals surface area contributed by atoms with E-state index in [1.54, 1.807) is 29.2 Å². The van der Waals surface area contributed by atoms with Crippen LogP contribution in [0, 0.1) is 0 Å². The van der Waals surface area contributed by atoms with Crippen LogP contribution in [-0.4, -0.2) is 30.2 Å². The normalized spacial score (nSPS) is 11.2. The Labute approximate surface area is 194 Å². The van der Waals surface area contributed by atoms with Crippen LogP contribution in [0.25, 0.3) is 39.5 Å². The molecule has 0 aliphatic rings. The zero-order chi connectivity index (χ0) is 22.9. The number of aromatic nitrogens is 5. The summed E-state index contributed by atoms with van der Waals surface area (Å²) in [6.45, 7) is 0.392. The first kappa shape index (κ1) is 19.8. The molecule has 4 aromatic heterocycles. The number of fused-ring (bicyclic) bond motifs is 2. The number of carbonyl (C=O) groups is 1. The number of benzene rings is 2. The van der Waals surface area contributed by atoms with Gasteiger partial charge in [-0.3, -0.25) is 14.2 Å². The lowest BCUT2D eigenvalue weighted by atomic mass is 10.1. The van der Waals surface area contributed by atoms with Crippen LogP contribution >= 0.6 is 0 Å². The Bertz CT molecular complexity index is 1620. The van der Waals surface area contributed by atoms with Gasteiger partial charge in [-0.1, -0.05) is 24.3 Å². The smallest absolute Gasteiger partial charge is 0.254 e. The number of imidazole rings is 1. The second-order valence-electron chi connectivity index (χ2n) is 7.80. The number of hydrogen-bond donors (Lipinski definition) is 1. The van der Waals surface area contributed by atoms with E-state index in [2.05, 4.69) is 25.3 Å². The summed E-state index contributed by atoms with van der Waals surface area (Å²) in [5.74, 6) is 0.906. The van der Waals surface area contributed by atoms with Crippen LogP contribution < -0.4 is 5.32 Å². The molecule has 0 fully saturated rings. The maximum Gasteiger partial charge on any atom is 0.254 e. The quantitative estimate of drug-likeness (QED) is 0.418. The van der Waals surface area contributed by atoms with E-state index in [0.717, 1.165) is 33.4 Å². The van der Waals surface area contributed by atoms with Crippen LogP contribution in [-0.2, 0) is 6.54 Å². The van der Waals surface area contributed by atoms with Crippen molar-refractivity contribution in [3.05, 3.63) is 103 Å². The maximum absolute atomic E-state index is 12.5. The average Bonchev–Trinajstić information content (AvgIpc) is 3.54. The van der Waals surface area contributed by atoms with Gasteiger partial charge in [0, 0.05) is 54.9 Å². The highest BCUT2D eigenvalue weighted by molar-refractivity contribution is 5.93. The van der Waals surface area contributed by atoms with Crippen molar-refractivity contribution in [3.8, 4) is 22.6 Å². The summed E-state index contributed by atoms with van der Waals surface area (Å²) in [5, 5.41) is 2.92. The lowest BCUT2D eigenvalue weighted by Gasteiger charge is -2.06. The van der Waals surface area contributed by atoms with Gasteiger partial charge >= 0.3 is 0 Å². The molecule has 0 radical (unpaired) electrons. The number of oxazole rings is 1. The molecule has 0 atom stereocenters. The van der Waals surface area contributed by atoms with E-state index in [9.17, 15) is 4.79 Å². The van der Waals surface area contributed by atoms with Gasteiger partial charge in [-0.2, -0.15) is 0 Å². The van der Waals surface area contributed by atoms with Gasteiger partial charge in [0.1, 0.15) is 5.52 Å². The molecule has 0 bridgehead atoms. The van der Waals surface area contributed by atoms with Crippen LogP contribution in [0.5, 0.6) is 0 Å². The first-order valence-corrected chi connectivity index (χ1v) is 10.7. The zero-order valence-electron chi connectivity index (χ0n) is 17.9. The van der Waals surface area contributed by atoms with Gasteiger partial charge in [0.2, 0.25) is 11.7 Å². The number of rotatable bonds is 5. The molecule has 0 saturated heterocycles. The maximum atomic E-state index is 12.5. The summed E-state index contributed by atoms with van der Waals surface area (Å²) in [6, 6.07) is 17.6. The minimum atomic E-state index is -0.199. The minimum Gasteiger partial charge on any atom is -0.436 e. The third-order valence-electron chi connectivity index (χ3n) is 5.54. The summed E-state index contributed by atoms with van der Waals surface area (Å²) in [5.41, 5.74) is 5.88. The van der Waals surface area contributed by atoms with Gasteiger partial charge in [-0.25, -0.2) is 15.0 Å². The summed E-state index contributed by atoms with van der Waals surface area (Å²) >= 11 is 0.